The summed E-state index contributed by atoms with van der Waals surface area (Å²) in [5.74, 6) is 0.244. The summed E-state index contributed by atoms with van der Waals surface area (Å²) >= 11 is 0. The van der Waals surface area contributed by atoms with Gasteiger partial charge in [0, 0.05) is 17.7 Å². The Morgan fingerprint density at radius 3 is 2.63 bits per heavy atom. The summed E-state index contributed by atoms with van der Waals surface area (Å²) in [5, 5.41) is 10.4. The molecule has 2 aliphatic heterocycles. The third kappa shape index (κ3) is 2.23. The number of rotatable bonds is 2. The molecule has 0 saturated heterocycles. The zero-order valence-electron chi connectivity index (χ0n) is 14.8. The summed E-state index contributed by atoms with van der Waals surface area (Å²) in [6, 6.07) is 15.7. The summed E-state index contributed by atoms with van der Waals surface area (Å²) < 4.78 is 1.76. The van der Waals surface area contributed by atoms with Gasteiger partial charge in [0.2, 0.25) is 11.8 Å². The van der Waals surface area contributed by atoms with E-state index in [1.807, 2.05) is 55.5 Å². The number of hydrogen-bond acceptors (Lipinski definition) is 3. The molecule has 2 aliphatic rings. The van der Waals surface area contributed by atoms with Gasteiger partial charge in [0.1, 0.15) is 11.2 Å². The highest BCUT2D eigenvalue weighted by atomic mass is 16.2. The van der Waals surface area contributed by atoms with Crippen molar-refractivity contribution in [2.45, 2.75) is 25.3 Å². The molecule has 3 aromatic rings. The number of aryl methyl sites for hydroxylation is 1. The number of carbonyl (C=O) groups excluding carboxylic acids is 2. The van der Waals surface area contributed by atoms with E-state index in [1.165, 1.54) is 5.56 Å². The first-order valence-electron chi connectivity index (χ1n) is 8.90. The minimum Gasteiger partial charge on any atom is -0.325 e. The molecule has 134 valence electrons. The Labute approximate surface area is 156 Å². The van der Waals surface area contributed by atoms with E-state index in [0.29, 0.717) is 12.4 Å². The minimum atomic E-state index is -1.01. The van der Waals surface area contributed by atoms with Crippen molar-refractivity contribution in [3.8, 4) is 0 Å². The molecule has 3 heterocycles. The number of nitrogens with one attached hydrogen (secondary N) is 2. The quantitative estimate of drug-likeness (QED) is 0.740. The van der Waals surface area contributed by atoms with Crippen molar-refractivity contribution < 1.29 is 9.59 Å². The predicted octanol–water partition coefficient (Wildman–Crippen LogP) is 2.82. The molecule has 0 bridgehead atoms. The van der Waals surface area contributed by atoms with Gasteiger partial charge in [-0.05, 0) is 24.1 Å². The van der Waals surface area contributed by atoms with Crippen LogP contribution in [0.2, 0.25) is 0 Å². The SMILES string of the molecule is Cc1ccc(Cn2ncc3c2NC(=O)CC32C(=O)Nc3ccccc32)cc1. The van der Waals surface area contributed by atoms with Crippen LogP contribution in [0.4, 0.5) is 11.5 Å². The maximum Gasteiger partial charge on any atom is 0.240 e. The summed E-state index contributed by atoms with van der Waals surface area (Å²) in [4.78, 5) is 25.6. The third-order valence-electron chi connectivity index (χ3n) is 5.46. The number of aromatic nitrogens is 2. The molecule has 0 radical (unpaired) electrons. The molecular formula is C21H18N4O2. The van der Waals surface area contributed by atoms with Crippen LogP contribution in [0.25, 0.3) is 0 Å². The first-order chi connectivity index (χ1) is 13.1. The Bertz CT molecular complexity index is 1080. The zero-order valence-corrected chi connectivity index (χ0v) is 14.8. The number of nitrogens with zero attached hydrogens (tertiary/aromatic N) is 2. The van der Waals surface area contributed by atoms with E-state index in [0.717, 1.165) is 22.4 Å². The fraction of sp³-hybridized carbons (Fsp3) is 0.190. The van der Waals surface area contributed by atoms with Gasteiger partial charge in [-0.1, -0.05) is 48.0 Å². The van der Waals surface area contributed by atoms with Gasteiger partial charge in [-0.2, -0.15) is 5.10 Å². The lowest BCUT2D eigenvalue weighted by atomic mass is 9.72. The monoisotopic (exact) mass is 358 g/mol. The Hall–Kier alpha value is -3.41. The molecule has 2 amide bonds. The van der Waals surface area contributed by atoms with Gasteiger partial charge in [-0.25, -0.2) is 4.68 Å². The first kappa shape index (κ1) is 15.8. The van der Waals surface area contributed by atoms with Crippen LogP contribution in [0, 0.1) is 6.92 Å². The summed E-state index contributed by atoms with van der Waals surface area (Å²) in [7, 11) is 0. The minimum absolute atomic E-state index is 0.0824. The van der Waals surface area contributed by atoms with Crippen LogP contribution in [0.5, 0.6) is 0 Å². The molecular weight excluding hydrogens is 340 g/mol. The van der Waals surface area contributed by atoms with Crippen LogP contribution in [0.1, 0.15) is 28.7 Å². The van der Waals surface area contributed by atoms with Crippen LogP contribution in [-0.4, -0.2) is 21.6 Å². The molecule has 0 fully saturated rings. The van der Waals surface area contributed by atoms with E-state index >= 15 is 0 Å². The Morgan fingerprint density at radius 2 is 1.81 bits per heavy atom. The van der Waals surface area contributed by atoms with Crippen molar-refractivity contribution in [2.75, 3.05) is 10.6 Å². The summed E-state index contributed by atoms with van der Waals surface area (Å²) in [5.41, 5.74) is 3.59. The molecule has 2 aromatic carbocycles. The standard InChI is InChI=1S/C21H18N4O2/c1-13-6-8-14(9-7-13)12-25-19-16(11-22-25)21(10-18(26)24-19)15-4-2-3-5-17(15)23-20(21)27/h2-9,11H,10,12H2,1H3,(H,23,27)(H,24,26). The second-order valence-electron chi connectivity index (χ2n) is 7.18. The lowest BCUT2D eigenvalue weighted by Gasteiger charge is -2.31. The van der Waals surface area contributed by atoms with Crippen LogP contribution in [0.3, 0.4) is 0 Å². The number of para-hydroxylation sites is 1. The molecule has 1 atom stereocenters. The highest BCUT2D eigenvalue weighted by Crippen LogP contribution is 2.49. The van der Waals surface area contributed by atoms with Crippen molar-refractivity contribution >= 4 is 23.3 Å². The first-order valence-corrected chi connectivity index (χ1v) is 8.90. The fourth-order valence-corrected chi connectivity index (χ4v) is 4.09. The van der Waals surface area contributed by atoms with Gasteiger partial charge < -0.3 is 10.6 Å². The van der Waals surface area contributed by atoms with Gasteiger partial charge >= 0.3 is 0 Å². The van der Waals surface area contributed by atoms with E-state index in [4.69, 9.17) is 0 Å². The molecule has 5 rings (SSSR count). The van der Waals surface area contributed by atoms with Crippen molar-refractivity contribution in [3.05, 3.63) is 77.0 Å². The molecule has 0 saturated carbocycles. The predicted molar refractivity (Wildman–Crippen MR) is 102 cm³/mol. The van der Waals surface area contributed by atoms with Gasteiger partial charge in [0.05, 0.1) is 12.7 Å². The number of hydrogen-bond donors (Lipinski definition) is 2. The Kier molecular flexibility index (Phi) is 3.25. The third-order valence-corrected chi connectivity index (χ3v) is 5.46. The lowest BCUT2D eigenvalue weighted by Crippen LogP contribution is -2.43. The molecule has 6 nitrogen and oxygen atoms in total. The number of amides is 2. The molecule has 1 aromatic heterocycles. The van der Waals surface area contributed by atoms with Crippen molar-refractivity contribution in [1.29, 1.82) is 0 Å². The average Bonchev–Trinajstić information content (AvgIpc) is 3.17. The number of anilines is 2. The van der Waals surface area contributed by atoms with Crippen LogP contribution < -0.4 is 10.6 Å². The number of carbonyl (C=O) groups is 2. The second-order valence-corrected chi connectivity index (χ2v) is 7.18. The van der Waals surface area contributed by atoms with Crippen molar-refractivity contribution in [3.63, 3.8) is 0 Å². The highest BCUT2D eigenvalue weighted by Gasteiger charge is 2.54. The largest absolute Gasteiger partial charge is 0.325 e. The highest BCUT2D eigenvalue weighted by molar-refractivity contribution is 6.14. The fourth-order valence-electron chi connectivity index (χ4n) is 4.09. The molecule has 27 heavy (non-hydrogen) atoms. The summed E-state index contributed by atoms with van der Waals surface area (Å²) in [6.07, 6.45) is 1.80. The maximum absolute atomic E-state index is 13.0. The number of benzene rings is 2. The van der Waals surface area contributed by atoms with Gasteiger partial charge in [-0.3, -0.25) is 9.59 Å². The zero-order chi connectivity index (χ0) is 18.6. The normalized spacial score (nSPS) is 20.2. The maximum atomic E-state index is 13.0. The van der Waals surface area contributed by atoms with Crippen LogP contribution >= 0.6 is 0 Å². The van der Waals surface area contributed by atoms with Crippen LogP contribution in [-0.2, 0) is 21.5 Å². The van der Waals surface area contributed by atoms with Crippen LogP contribution in [0.15, 0.2) is 54.7 Å². The topological polar surface area (TPSA) is 76.0 Å². The van der Waals surface area contributed by atoms with Gasteiger partial charge in [0.25, 0.3) is 0 Å². The van der Waals surface area contributed by atoms with E-state index in [2.05, 4.69) is 15.7 Å². The number of fused-ring (bicyclic) bond motifs is 4. The summed E-state index contributed by atoms with van der Waals surface area (Å²) in [6.45, 7) is 2.56. The second kappa shape index (κ2) is 5.54. The van der Waals surface area contributed by atoms with Gasteiger partial charge in [0.15, 0.2) is 0 Å². The molecule has 6 heteroatoms. The van der Waals surface area contributed by atoms with E-state index in [9.17, 15) is 9.59 Å². The Morgan fingerprint density at radius 1 is 1.04 bits per heavy atom. The molecule has 1 spiro atoms. The lowest BCUT2D eigenvalue weighted by molar-refractivity contribution is -0.125. The van der Waals surface area contributed by atoms with E-state index in [1.54, 1.807) is 10.9 Å². The molecule has 1 unspecified atom stereocenters. The van der Waals surface area contributed by atoms with Crippen molar-refractivity contribution in [1.82, 2.24) is 9.78 Å². The smallest absolute Gasteiger partial charge is 0.240 e. The van der Waals surface area contributed by atoms with Gasteiger partial charge in [-0.15, -0.1) is 0 Å². The molecule has 2 N–H and O–H groups in total. The van der Waals surface area contributed by atoms with E-state index < -0.39 is 5.41 Å². The van der Waals surface area contributed by atoms with Crippen molar-refractivity contribution in [2.24, 2.45) is 0 Å². The van der Waals surface area contributed by atoms with E-state index in [-0.39, 0.29) is 18.2 Å². The average molecular weight is 358 g/mol. The molecule has 0 aliphatic carbocycles. The Balaban J connectivity index is 1.64.